The third kappa shape index (κ3) is 8.77. The number of carbonyl (C=O) groups is 2. The standard InChI is InChI=1S/C7H12O6/c1-11-2-3-13-7(10)5-12-4-6(8)9/h2-5H2,1H3,(H,8,9). The fourth-order valence-corrected chi connectivity index (χ4v) is 0.502. The molecule has 0 aromatic rings. The Morgan fingerprint density at radius 2 is 1.92 bits per heavy atom. The van der Waals surface area contributed by atoms with Crippen LogP contribution in [0.15, 0.2) is 0 Å². The summed E-state index contributed by atoms with van der Waals surface area (Å²) in [5.74, 6) is -1.72. The number of carbonyl (C=O) groups excluding carboxylic acids is 1. The number of aliphatic carboxylic acids is 1. The summed E-state index contributed by atoms with van der Waals surface area (Å²) < 4.78 is 13.7. The van der Waals surface area contributed by atoms with Gasteiger partial charge in [0.1, 0.15) is 19.8 Å². The monoisotopic (exact) mass is 192 g/mol. The minimum absolute atomic E-state index is 0.145. The zero-order valence-electron chi connectivity index (χ0n) is 7.32. The summed E-state index contributed by atoms with van der Waals surface area (Å²) in [4.78, 5) is 20.6. The Labute approximate surface area is 75.4 Å². The van der Waals surface area contributed by atoms with E-state index in [9.17, 15) is 9.59 Å². The lowest BCUT2D eigenvalue weighted by Gasteiger charge is -2.03. The van der Waals surface area contributed by atoms with Crippen LogP contribution >= 0.6 is 0 Å². The normalized spacial score (nSPS) is 9.62. The van der Waals surface area contributed by atoms with E-state index in [4.69, 9.17) is 5.11 Å². The molecule has 0 saturated carbocycles. The second-order valence-electron chi connectivity index (χ2n) is 2.10. The molecule has 0 amide bonds. The van der Waals surface area contributed by atoms with Crippen molar-refractivity contribution >= 4 is 11.9 Å². The molecule has 13 heavy (non-hydrogen) atoms. The SMILES string of the molecule is COCCOC(=O)COCC(=O)O. The molecule has 0 saturated heterocycles. The molecule has 0 atom stereocenters. The molecule has 0 rings (SSSR count). The first-order chi connectivity index (χ1) is 6.16. The number of hydrogen-bond donors (Lipinski definition) is 1. The van der Waals surface area contributed by atoms with Gasteiger partial charge in [0, 0.05) is 7.11 Å². The van der Waals surface area contributed by atoms with Gasteiger partial charge in [-0.3, -0.25) is 0 Å². The number of esters is 1. The number of rotatable bonds is 7. The van der Waals surface area contributed by atoms with Crippen LogP contribution in [0.1, 0.15) is 0 Å². The lowest BCUT2D eigenvalue weighted by Crippen LogP contribution is -2.18. The van der Waals surface area contributed by atoms with Gasteiger partial charge in [-0.15, -0.1) is 0 Å². The van der Waals surface area contributed by atoms with Crippen LogP contribution in [0.4, 0.5) is 0 Å². The number of ether oxygens (including phenoxy) is 3. The van der Waals surface area contributed by atoms with Crippen molar-refractivity contribution in [3.8, 4) is 0 Å². The lowest BCUT2D eigenvalue weighted by atomic mass is 10.6. The van der Waals surface area contributed by atoms with Crippen LogP contribution in [-0.4, -0.2) is 50.6 Å². The average Bonchev–Trinajstić information content (AvgIpc) is 2.04. The first-order valence-electron chi connectivity index (χ1n) is 3.61. The summed E-state index contributed by atoms with van der Waals surface area (Å²) in [5.41, 5.74) is 0. The largest absolute Gasteiger partial charge is 0.480 e. The van der Waals surface area contributed by atoms with Gasteiger partial charge in [-0.1, -0.05) is 0 Å². The maximum absolute atomic E-state index is 10.7. The van der Waals surface area contributed by atoms with Crippen LogP contribution < -0.4 is 0 Å². The molecule has 6 nitrogen and oxygen atoms in total. The summed E-state index contributed by atoms with van der Waals surface area (Å²) in [6.07, 6.45) is 0. The van der Waals surface area contributed by atoms with E-state index in [1.807, 2.05) is 0 Å². The zero-order chi connectivity index (χ0) is 10.1. The Kier molecular flexibility index (Phi) is 6.85. The average molecular weight is 192 g/mol. The van der Waals surface area contributed by atoms with Crippen LogP contribution in [-0.2, 0) is 23.8 Å². The van der Waals surface area contributed by atoms with Gasteiger partial charge in [0.15, 0.2) is 0 Å². The highest BCUT2D eigenvalue weighted by Gasteiger charge is 2.04. The molecule has 0 unspecified atom stereocenters. The Hall–Kier alpha value is -1.14. The third-order valence-corrected chi connectivity index (χ3v) is 0.996. The van der Waals surface area contributed by atoms with Crippen molar-refractivity contribution in [3.05, 3.63) is 0 Å². The molecule has 0 radical (unpaired) electrons. The van der Waals surface area contributed by atoms with Gasteiger partial charge in [-0.05, 0) is 0 Å². The molecule has 6 heteroatoms. The molecule has 0 heterocycles. The van der Waals surface area contributed by atoms with Crippen LogP contribution in [0.2, 0.25) is 0 Å². The highest BCUT2D eigenvalue weighted by Crippen LogP contribution is 1.82. The van der Waals surface area contributed by atoms with Crippen molar-refractivity contribution in [1.82, 2.24) is 0 Å². The summed E-state index contributed by atoms with van der Waals surface area (Å²) in [6, 6.07) is 0. The molecule has 76 valence electrons. The van der Waals surface area contributed by atoms with Gasteiger partial charge < -0.3 is 19.3 Å². The fraction of sp³-hybridized carbons (Fsp3) is 0.714. The number of methoxy groups -OCH3 is 1. The van der Waals surface area contributed by atoms with Gasteiger partial charge in [-0.25, -0.2) is 9.59 Å². The zero-order valence-corrected chi connectivity index (χ0v) is 7.32. The number of carboxylic acids is 1. The second-order valence-corrected chi connectivity index (χ2v) is 2.10. The Balaban J connectivity index is 3.25. The van der Waals surface area contributed by atoms with E-state index in [1.54, 1.807) is 0 Å². The molecule has 0 aliphatic rings. The van der Waals surface area contributed by atoms with E-state index in [2.05, 4.69) is 14.2 Å². The summed E-state index contributed by atoms with van der Waals surface area (Å²) in [5, 5.41) is 8.14. The maximum atomic E-state index is 10.7. The van der Waals surface area contributed by atoms with E-state index < -0.39 is 18.5 Å². The van der Waals surface area contributed by atoms with E-state index >= 15 is 0 Å². The van der Waals surface area contributed by atoms with E-state index in [0.717, 1.165) is 0 Å². The van der Waals surface area contributed by atoms with Crippen molar-refractivity contribution in [3.63, 3.8) is 0 Å². The van der Waals surface area contributed by atoms with Gasteiger partial charge in [0.25, 0.3) is 0 Å². The molecule has 0 fully saturated rings. The Morgan fingerprint density at radius 3 is 2.46 bits per heavy atom. The predicted molar refractivity (Wildman–Crippen MR) is 41.3 cm³/mol. The van der Waals surface area contributed by atoms with Crippen LogP contribution in [0.25, 0.3) is 0 Å². The van der Waals surface area contributed by atoms with Crippen molar-refractivity contribution in [2.24, 2.45) is 0 Å². The van der Waals surface area contributed by atoms with Crippen molar-refractivity contribution < 1.29 is 28.9 Å². The van der Waals surface area contributed by atoms with E-state index in [1.165, 1.54) is 7.11 Å². The van der Waals surface area contributed by atoms with Crippen LogP contribution in [0.3, 0.4) is 0 Å². The first kappa shape index (κ1) is 11.9. The highest BCUT2D eigenvalue weighted by atomic mass is 16.6. The molecular weight excluding hydrogens is 180 g/mol. The van der Waals surface area contributed by atoms with Gasteiger partial charge >= 0.3 is 11.9 Å². The molecule has 0 aromatic carbocycles. The van der Waals surface area contributed by atoms with Gasteiger partial charge in [0.05, 0.1) is 6.61 Å². The smallest absolute Gasteiger partial charge is 0.332 e. The minimum Gasteiger partial charge on any atom is -0.480 e. The first-order valence-corrected chi connectivity index (χ1v) is 3.61. The van der Waals surface area contributed by atoms with Crippen molar-refractivity contribution in [2.45, 2.75) is 0 Å². The summed E-state index contributed by atoms with van der Waals surface area (Å²) >= 11 is 0. The summed E-state index contributed by atoms with van der Waals surface area (Å²) in [6.45, 7) is -0.397. The summed E-state index contributed by atoms with van der Waals surface area (Å²) in [7, 11) is 1.48. The lowest BCUT2D eigenvalue weighted by molar-refractivity contribution is -0.153. The maximum Gasteiger partial charge on any atom is 0.332 e. The molecule has 0 bridgehead atoms. The second kappa shape index (κ2) is 7.51. The number of carboxylic acid groups (broad SMARTS) is 1. The quantitative estimate of drug-likeness (QED) is 0.423. The van der Waals surface area contributed by atoms with Crippen molar-refractivity contribution in [1.29, 1.82) is 0 Å². The third-order valence-electron chi connectivity index (χ3n) is 0.996. The van der Waals surface area contributed by atoms with Gasteiger partial charge in [0.2, 0.25) is 0 Å². The van der Waals surface area contributed by atoms with Crippen molar-refractivity contribution in [2.75, 3.05) is 33.5 Å². The predicted octanol–water partition coefficient (Wildman–Crippen LogP) is -0.723. The van der Waals surface area contributed by atoms with E-state index in [-0.39, 0.29) is 13.2 Å². The van der Waals surface area contributed by atoms with Crippen LogP contribution in [0.5, 0.6) is 0 Å². The Bertz CT molecular complexity index is 166. The molecule has 1 N–H and O–H groups in total. The number of hydrogen-bond acceptors (Lipinski definition) is 5. The topological polar surface area (TPSA) is 82.1 Å². The molecular formula is C7H12O6. The van der Waals surface area contributed by atoms with Crippen LogP contribution in [0, 0.1) is 0 Å². The molecule has 0 spiro atoms. The fourth-order valence-electron chi connectivity index (χ4n) is 0.502. The molecule has 0 aromatic heterocycles. The highest BCUT2D eigenvalue weighted by molar-refractivity contribution is 5.72. The Morgan fingerprint density at radius 1 is 1.23 bits per heavy atom. The van der Waals surface area contributed by atoms with Gasteiger partial charge in [-0.2, -0.15) is 0 Å². The minimum atomic E-state index is -1.12. The molecule has 0 aliphatic heterocycles. The molecule has 0 aliphatic carbocycles. The van der Waals surface area contributed by atoms with E-state index in [0.29, 0.717) is 6.61 Å².